The number of hydrogen-bond acceptors (Lipinski definition) is 3. The summed E-state index contributed by atoms with van der Waals surface area (Å²) in [4.78, 5) is 2.12. The lowest BCUT2D eigenvalue weighted by Crippen LogP contribution is -2.23. The Hall–Kier alpha value is -3.40. The van der Waals surface area contributed by atoms with Gasteiger partial charge in [0.25, 0.3) is 0 Å². The van der Waals surface area contributed by atoms with E-state index in [1.165, 1.54) is 5.56 Å². The molecule has 3 heteroatoms. The highest BCUT2D eigenvalue weighted by molar-refractivity contribution is 5.70. The lowest BCUT2D eigenvalue weighted by atomic mass is 9.99. The Balaban J connectivity index is 1.75. The van der Waals surface area contributed by atoms with E-state index in [0.29, 0.717) is 18.7 Å². The van der Waals surface area contributed by atoms with Crippen LogP contribution < -0.4 is 0 Å². The summed E-state index contributed by atoms with van der Waals surface area (Å²) in [6.07, 6.45) is 0. The van der Waals surface area contributed by atoms with Gasteiger partial charge in [0.15, 0.2) is 0 Å². The second kappa shape index (κ2) is 8.62. The fourth-order valence-electron chi connectivity index (χ4n) is 2.99. The van der Waals surface area contributed by atoms with Crippen molar-refractivity contribution < 1.29 is 0 Å². The molecule has 0 N–H and O–H groups in total. The lowest BCUT2D eigenvalue weighted by Gasteiger charge is -2.19. The van der Waals surface area contributed by atoms with E-state index in [1.807, 2.05) is 54.6 Å². The summed E-state index contributed by atoms with van der Waals surface area (Å²) in [5.74, 6) is 0. The van der Waals surface area contributed by atoms with Crippen molar-refractivity contribution in [2.45, 2.75) is 13.1 Å². The molecule has 0 saturated carbocycles. The highest BCUT2D eigenvalue weighted by Crippen LogP contribution is 2.24. The maximum atomic E-state index is 9.27. The molecule has 0 bridgehead atoms. The van der Waals surface area contributed by atoms with Gasteiger partial charge >= 0.3 is 0 Å². The molecule has 3 rings (SSSR count). The van der Waals surface area contributed by atoms with Crippen molar-refractivity contribution in [1.29, 1.82) is 10.5 Å². The van der Waals surface area contributed by atoms with Gasteiger partial charge in [-0.3, -0.25) is 4.90 Å². The van der Waals surface area contributed by atoms with Crippen molar-refractivity contribution in [1.82, 2.24) is 4.90 Å². The smallest absolute Gasteiger partial charge is 0.0998 e. The van der Waals surface area contributed by atoms with E-state index in [2.05, 4.69) is 41.3 Å². The topological polar surface area (TPSA) is 50.8 Å². The molecule has 0 amide bonds. The Bertz CT molecular complexity index is 932. The maximum absolute atomic E-state index is 9.27. The molecule has 0 aliphatic carbocycles. The second-order valence-electron chi connectivity index (χ2n) is 6.14. The minimum atomic E-state index is 0.383. The number of rotatable bonds is 6. The molecule has 0 unspecified atom stereocenters. The molecule has 0 heterocycles. The molecule has 0 aliphatic heterocycles. The summed E-state index contributed by atoms with van der Waals surface area (Å²) in [5, 5.41) is 18.4. The third-order valence-corrected chi connectivity index (χ3v) is 4.26. The van der Waals surface area contributed by atoms with E-state index in [-0.39, 0.29) is 0 Å². The van der Waals surface area contributed by atoms with Gasteiger partial charge < -0.3 is 0 Å². The summed E-state index contributed by atoms with van der Waals surface area (Å²) in [6, 6.07) is 30.5. The van der Waals surface area contributed by atoms with E-state index in [4.69, 9.17) is 5.26 Å². The molecule has 3 aromatic carbocycles. The molecular weight excluding hydrogens is 318 g/mol. The van der Waals surface area contributed by atoms with Gasteiger partial charge in [0.05, 0.1) is 24.2 Å². The molecule has 0 aromatic heterocycles. The van der Waals surface area contributed by atoms with E-state index in [9.17, 15) is 5.26 Å². The van der Waals surface area contributed by atoms with Gasteiger partial charge in [-0.2, -0.15) is 10.5 Å². The predicted octanol–water partition coefficient (Wildman–Crippen LogP) is 4.75. The highest BCUT2D eigenvalue weighted by Gasteiger charge is 2.08. The predicted molar refractivity (Wildman–Crippen MR) is 103 cm³/mol. The molecule has 3 aromatic rings. The molecule has 0 radical (unpaired) electrons. The van der Waals surface area contributed by atoms with E-state index >= 15 is 0 Å². The maximum Gasteiger partial charge on any atom is 0.0998 e. The van der Waals surface area contributed by atoms with Crippen LogP contribution in [0.3, 0.4) is 0 Å². The molecule has 0 saturated heterocycles. The van der Waals surface area contributed by atoms with Gasteiger partial charge in [-0.15, -0.1) is 0 Å². The largest absolute Gasteiger partial charge is 0.282 e. The van der Waals surface area contributed by atoms with Crippen molar-refractivity contribution in [3.05, 3.63) is 95.6 Å². The van der Waals surface area contributed by atoms with Crippen molar-refractivity contribution in [2.24, 2.45) is 0 Å². The molecule has 0 aliphatic rings. The Labute approximate surface area is 154 Å². The molecular formula is C23H19N3. The first kappa shape index (κ1) is 17.4. The minimum Gasteiger partial charge on any atom is -0.282 e. The third kappa shape index (κ3) is 4.36. The average molecular weight is 337 g/mol. The van der Waals surface area contributed by atoms with Crippen LogP contribution >= 0.6 is 0 Å². The summed E-state index contributed by atoms with van der Waals surface area (Å²) < 4.78 is 0. The van der Waals surface area contributed by atoms with E-state index < -0.39 is 0 Å². The fraction of sp³-hybridized carbons (Fsp3) is 0.130. The highest BCUT2D eigenvalue weighted by atomic mass is 15.1. The number of hydrogen-bond donors (Lipinski definition) is 0. The first-order valence-electron chi connectivity index (χ1n) is 8.52. The van der Waals surface area contributed by atoms with Gasteiger partial charge in [-0.1, -0.05) is 72.8 Å². The van der Waals surface area contributed by atoms with Gasteiger partial charge in [0.1, 0.15) is 0 Å². The van der Waals surface area contributed by atoms with Crippen LogP contribution in [0, 0.1) is 22.7 Å². The van der Waals surface area contributed by atoms with Gasteiger partial charge in [0.2, 0.25) is 0 Å². The molecule has 3 nitrogen and oxygen atoms in total. The third-order valence-electron chi connectivity index (χ3n) is 4.26. The van der Waals surface area contributed by atoms with Gasteiger partial charge in [0, 0.05) is 13.1 Å². The molecule has 126 valence electrons. The molecule has 0 atom stereocenters. The lowest BCUT2D eigenvalue weighted by molar-refractivity contribution is 0.289. The Morgan fingerprint density at radius 3 is 1.96 bits per heavy atom. The van der Waals surface area contributed by atoms with Crippen LogP contribution in [0.5, 0.6) is 0 Å². The first-order valence-corrected chi connectivity index (χ1v) is 8.52. The second-order valence-corrected chi connectivity index (χ2v) is 6.14. The van der Waals surface area contributed by atoms with Crippen LogP contribution in [0.15, 0.2) is 78.9 Å². The van der Waals surface area contributed by atoms with Crippen LogP contribution in [0.2, 0.25) is 0 Å². The van der Waals surface area contributed by atoms with Gasteiger partial charge in [-0.05, 0) is 28.3 Å². The van der Waals surface area contributed by atoms with E-state index in [1.54, 1.807) is 0 Å². The van der Waals surface area contributed by atoms with Crippen LogP contribution in [0.4, 0.5) is 0 Å². The number of nitriles is 2. The van der Waals surface area contributed by atoms with Gasteiger partial charge in [-0.25, -0.2) is 0 Å². The standard InChI is InChI=1S/C23H19N3/c24-14-15-26(17-19-6-2-1-3-7-19)18-20-10-12-21(13-11-20)23-9-5-4-8-22(23)16-25/h1-13H,15,17-18H2. The molecule has 26 heavy (non-hydrogen) atoms. The summed E-state index contributed by atoms with van der Waals surface area (Å²) in [7, 11) is 0. The summed E-state index contributed by atoms with van der Waals surface area (Å²) in [6.45, 7) is 1.84. The summed E-state index contributed by atoms with van der Waals surface area (Å²) >= 11 is 0. The van der Waals surface area contributed by atoms with Crippen LogP contribution in [0.1, 0.15) is 16.7 Å². The zero-order valence-electron chi connectivity index (χ0n) is 14.5. The minimum absolute atomic E-state index is 0.383. The SMILES string of the molecule is N#CCN(Cc1ccccc1)Cc1ccc(-c2ccccc2C#N)cc1. The van der Waals surface area contributed by atoms with Crippen LogP contribution in [-0.4, -0.2) is 11.4 Å². The zero-order valence-corrected chi connectivity index (χ0v) is 14.5. The number of nitrogens with zero attached hydrogens (tertiary/aromatic N) is 3. The summed E-state index contributed by atoms with van der Waals surface area (Å²) in [5.41, 5.74) is 4.99. The quantitative estimate of drug-likeness (QED) is 0.610. The Morgan fingerprint density at radius 1 is 0.692 bits per heavy atom. The van der Waals surface area contributed by atoms with Crippen molar-refractivity contribution >= 4 is 0 Å². The molecule has 0 fully saturated rings. The monoisotopic (exact) mass is 337 g/mol. The Morgan fingerprint density at radius 2 is 1.31 bits per heavy atom. The zero-order chi connectivity index (χ0) is 18.2. The van der Waals surface area contributed by atoms with Crippen LogP contribution in [0.25, 0.3) is 11.1 Å². The van der Waals surface area contributed by atoms with Crippen molar-refractivity contribution in [3.63, 3.8) is 0 Å². The van der Waals surface area contributed by atoms with Crippen molar-refractivity contribution in [3.8, 4) is 23.3 Å². The normalized spacial score (nSPS) is 10.3. The number of benzene rings is 3. The fourth-order valence-corrected chi connectivity index (χ4v) is 2.99. The molecule has 0 spiro atoms. The average Bonchev–Trinajstić information content (AvgIpc) is 2.69. The first-order chi connectivity index (χ1) is 12.8. The van der Waals surface area contributed by atoms with Crippen molar-refractivity contribution in [2.75, 3.05) is 6.54 Å². The Kier molecular flexibility index (Phi) is 5.78. The van der Waals surface area contributed by atoms with Crippen LogP contribution in [-0.2, 0) is 13.1 Å². The van der Waals surface area contributed by atoms with E-state index in [0.717, 1.165) is 23.2 Å².